The Balaban J connectivity index is 2.16. The predicted octanol–water partition coefficient (Wildman–Crippen LogP) is 3.58. The highest BCUT2D eigenvalue weighted by Gasteiger charge is 2.32. The van der Waals surface area contributed by atoms with Crippen molar-refractivity contribution in [2.75, 3.05) is 18.4 Å². The molecule has 0 radical (unpaired) electrons. The van der Waals surface area contributed by atoms with Crippen molar-refractivity contribution in [2.24, 2.45) is 5.41 Å². The van der Waals surface area contributed by atoms with Gasteiger partial charge in [-0.05, 0) is 30.9 Å². The first-order valence-corrected chi connectivity index (χ1v) is 7.30. The Morgan fingerprint density at radius 1 is 1.57 bits per heavy atom. The van der Waals surface area contributed by atoms with E-state index in [9.17, 15) is 14.5 Å². The fraction of sp³-hybridized carbons (Fsp3) is 0.571. The van der Waals surface area contributed by atoms with Gasteiger partial charge in [-0.2, -0.15) is 0 Å². The van der Waals surface area contributed by atoms with E-state index < -0.39 is 10.7 Å². The number of nitrogens with zero attached hydrogens (tertiary/aromatic N) is 1. The molecule has 1 aromatic carbocycles. The van der Waals surface area contributed by atoms with Gasteiger partial charge in [0.1, 0.15) is 11.5 Å². The fourth-order valence-corrected chi connectivity index (χ4v) is 2.82. The van der Waals surface area contributed by atoms with Crippen molar-refractivity contribution in [1.82, 2.24) is 5.32 Å². The molecule has 1 fully saturated rings. The monoisotopic (exact) mass is 315 g/mol. The third-order valence-electron chi connectivity index (χ3n) is 4.06. The van der Waals surface area contributed by atoms with Crippen molar-refractivity contribution in [3.63, 3.8) is 0 Å². The molecule has 0 amide bonds. The fourth-order valence-electron chi connectivity index (χ4n) is 2.66. The second-order valence-electron chi connectivity index (χ2n) is 6.02. The van der Waals surface area contributed by atoms with E-state index in [0.717, 1.165) is 25.5 Å². The van der Waals surface area contributed by atoms with E-state index >= 15 is 0 Å². The molecule has 2 rings (SSSR count). The Kier molecular flexibility index (Phi) is 4.68. The Bertz CT molecular complexity index is 551. The maximum Gasteiger partial charge on any atom is 0.295 e. The van der Waals surface area contributed by atoms with Gasteiger partial charge >= 0.3 is 0 Å². The minimum atomic E-state index is -0.787. The molecule has 0 saturated carbocycles. The zero-order valence-electron chi connectivity index (χ0n) is 12.1. The van der Waals surface area contributed by atoms with Crippen LogP contribution in [0.5, 0.6) is 0 Å². The Hall–Kier alpha value is -1.40. The Morgan fingerprint density at radius 2 is 2.29 bits per heavy atom. The summed E-state index contributed by atoms with van der Waals surface area (Å²) in [7, 11) is 0. The molecule has 1 heterocycles. The third-order valence-corrected chi connectivity index (χ3v) is 4.35. The smallest absolute Gasteiger partial charge is 0.295 e. The lowest BCUT2D eigenvalue weighted by molar-refractivity contribution is -0.384. The molecule has 7 heteroatoms. The average molecular weight is 316 g/mol. The summed E-state index contributed by atoms with van der Waals surface area (Å²) >= 11 is 5.71. The van der Waals surface area contributed by atoms with E-state index in [-0.39, 0.29) is 27.9 Å². The number of nitro benzene ring substituents is 1. The Morgan fingerprint density at radius 3 is 2.90 bits per heavy atom. The van der Waals surface area contributed by atoms with E-state index in [2.05, 4.69) is 24.5 Å². The zero-order chi connectivity index (χ0) is 15.6. The van der Waals surface area contributed by atoms with Crippen molar-refractivity contribution >= 4 is 23.0 Å². The summed E-state index contributed by atoms with van der Waals surface area (Å²) in [6.45, 7) is 5.78. The number of halogens is 2. The van der Waals surface area contributed by atoms with E-state index in [0.29, 0.717) is 6.54 Å². The number of hydrogen-bond acceptors (Lipinski definition) is 4. The summed E-state index contributed by atoms with van der Waals surface area (Å²) < 4.78 is 13.4. The van der Waals surface area contributed by atoms with Gasteiger partial charge in [0.25, 0.3) is 5.69 Å². The molecule has 1 unspecified atom stereocenters. The van der Waals surface area contributed by atoms with Crippen LogP contribution in [0.2, 0.25) is 5.02 Å². The standard InChI is InChI=1S/C14H19ClFN3O2/c1-14(2)4-3-5-17-13(14)8-18-11-6-9(15)10(16)7-12(11)19(20)21/h6-7,13,17-18H,3-5,8H2,1-2H3. The van der Waals surface area contributed by atoms with Gasteiger partial charge in [-0.15, -0.1) is 0 Å². The molecule has 0 spiro atoms. The summed E-state index contributed by atoms with van der Waals surface area (Å²) in [4.78, 5) is 10.4. The number of hydrogen-bond donors (Lipinski definition) is 2. The second-order valence-corrected chi connectivity index (χ2v) is 6.43. The highest BCUT2D eigenvalue weighted by atomic mass is 35.5. The van der Waals surface area contributed by atoms with Gasteiger partial charge in [0.2, 0.25) is 0 Å². The number of nitro groups is 1. The molecule has 2 N–H and O–H groups in total. The van der Waals surface area contributed by atoms with E-state index in [1.54, 1.807) is 0 Å². The minimum absolute atomic E-state index is 0.101. The van der Waals surface area contributed by atoms with Gasteiger partial charge in [-0.3, -0.25) is 10.1 Å². The highest BCUT2D eigenvalue weighted by Crippen LogP contribution is 2.33. The van der Waals surface area contributed by atoms with Crippen LogP contribution in [0.3, 0.4) is 0 Å². The SMILES string of the molecule is CC1(C)CCCNC1CNc1cc(Cl)c(F)cc1[N+](=O)[O-]. The number of rotatable bonds is 4. The molecule has 1 atom stereocenters. The first kappa shape index (κ1) is 16.0. The third kappa shape index (κ3) is 3.63. The van der Waals surface area contributed by atoms with Crippen LogP contribution >= 0.6 is 11.6 Å². The maximum absolute atomic E-state index is 13.4. The van der Waals surface area contributed by atoms with Crippen LogP contribution in [0.4, 0.5) is 15.8 Å². The number of piperidine rings is 1. The number of anilines is 1. The molecule has 5 nitrogen and oxygen atoms in total. The number of nitrogens with one attached hydrogen (secondary N) is 2. The van der Waals surface area contributed by atoms with E-state index in [1.807, 2.05) is 0 Å². The molecule has 116 valence electrons. The van der Waals surface area contributed by atoms with Gasteiger partial charge in [0.05, 0.1) is 16.0 Å². The quantitative estimate of drug-likeness (QED) is 0.658. The van der Waals surface area contributed by atoms with Crippen molar-refractivity contribution < 1.29 is 9.31 Å². The van der Waals surface area contributed by atoms with Crippen molar-refractivity contribution in [3.8, 4) is 0 Å². The lowest BCUT2D eigenvalue weighted by atomic mass is 9.77. The first-order chi connectivity index (χ1) is 9.81. The van der Waals surface area contributed by atoms with Crippen LogP contribution < -0.4 is 10.6 Å². The molecule has 0 aliphatic carbocycles. The lowest BCUT2D eigenvalue weighted by Gasteiger charge is -2.39. The van der Waals surface area contributed by atoms with Crippen molar-refractivity contribution in [2.45, 2.75) is 32.7 Å². The molecular formula is C14H19ClFN3O2. The molecular weight excluding hydrogens is 297 g/mol. The van der Waals surface area contributed by atoms with Crippen LogP contribution in [0.25, 0.3) is 0 Å². The molecule has 0 bridgehead atoms. The first-order valence-electron chi connectivity index (χ1n) is 6.92. The average Bonchev–Trinajstić information content (AvgIpc) is 2.40. The summed E-state index contributed by atoms with van der Waals surface area (Å²) in [5.41, 5.74) is 0.0456. The molecule has 1 saturated heterocycles. The Labute approximate surface area is 128 Å². The van der Waals surface area contributed by atoms with Crippen molar-refractivity contribution in [1.29, 1.82) is 0 Å². The van der Waals surface area contributed by atoms with Crippen molar-refractivity contribution in [3.05, 3.63) is 33.1 Å². The maximum atomic E-state index is 13.4. The van der Waals surface area contributed by atoms with Gasteiger partial charge in [-0.25, -0.2) is 4.39 Å². The topological polar surface area (TPSA) is 67.2 Å². The predicted molar refractivity (Wildman–Crippen MR) is 81.4 cm³/mol. The summed E-state index contributed by atoms with van der Waals surface area (Å²) in [6, 6.07) is 2.31. The van der Waals surface area contributed by atoms with Crippen LogP contribution in [0.15, 0.2) is 12.1 Å². The molecule has 1 aliphatic rings. The molecule has 0 aromatic heterocycles. The summed E-state index contributed by atoms with van der Waals surface area (Å²) in [5, 5.41) is 17.3. The minimum Gasteiger partial charge on any atom is -0.378 e. The summed E-state index contributed by atoms with van der Waals surface area (Å²) in [5.74, 6) is -0.787. The van der Waals surface area contributed by atoms with Gasteiger partial charge in [0, 0.05) is 12.6 Å². The van der Waals surface area contributed by atoms with Crippen LogP contribution in [-0.4, -0.2) is 24.1 Å². The van der Waals surface area contributed by atoms with Crippen LogP contribution in [-0.2, 0) is 0 Å². The van der Waals surface area contributed by atoms with E-state index in [4.69, 9.17) is 11.6 Å². The van der Waals surface area contributed by atoms with Crippen LogP contribution in [0.1, 0.15) is 26.7 Å². The molecule has 1 aromatic rings. The van der Waals surface area contributed by atoms with E-state index in [1.165, 1.54) is 6.07 Å². The van der Waals surface area contributed by atoms with Gasteiger partial charge in [0.15, 0.2) is 0 Å². The van der Waals surface area contributed by atoms with Crippen LogP contribution in [0, 0.1) is 21.3 Å². The molecule has 21 heavy (non-hydrogen) atoms. The zero-order valence-corrected chi connectivity index (χ0v) is 12.8. The van der Waals surface area contributed by atoms with Gasteiger partial charge < -0.3 is 10.6 Å². The van der Waals surface area contributed by atoms with Gasteiger partial charge in [-0.1, -0.05) is 25.4 Å². The second kappa shape index (κ2) is 6.15. The summed E-state index contributed by atoms with van der Waals surface area (Å²) in [6.07, 6.45) is 2.21. The highest BCUT2D eigenvalue weighted by molar-refractivity contribution is 6.31. The largest absolute Gasteiger partial charge is 0.378 e. The lowest BCUT2D eigenvalue weighted by Crippen LogP contribution is -2.50. The number of benzene rings is 1. The normalized spacial score (nSPS) is 21.0. The molecule has 1 aliphatic heterocycles.